The molecule has 1 aliphatic rings. The lowest BCUT2D eigenvalue weighted by molar-refractivity contribution is 0.0953. The molecule has 1 unspecified atom stereocenters. The molecular weight excluding hydrogens is 367 g/mol. The summed E-state index contributed by atoms with van der Waals surface area (Å²) in [6.45, 7) is 4.16. The summed E-state index contributed by atoms with van der Waals surface area (Å²) in [6.07, 6.45) is 2.16. The molecule has 1 aromatic heterocycles. The Balaban J connectivity index is 1.71. The number of Topliss-reactive ketones (excluding diaryl/α,β-unsaturated/α-hetero) is 1. The van der Waals surface area contributed by atoms with Crippen molar-refractivity contribution in [3.05, 3.63) is 71.2 Å². The summed E-state index contributed by atoms with van der Waals surface area (Å²) in [6, 6.07) is 14.1. The van der Waals surface area contributed by atoms with Crippen LogP contribution in [0.15, 0.2) is 48.5 Å². The SMILES string of the molecule is CCc1ccc(Nc2nc3c(c(Nc4ccc(F)cc4)n2)C(=O)CC(C)C3)cc1. The van der Waals surface area contributed by atoms with Gasteiger partial charge in [0.2, 0.25) is 5.95 Å². The highest BCUT2D eigenvalue weighted by Gasteiger charge is 2.28. The minimum Gasteiger partial charge on any atom is -0.339 e. The van der Waals surface area contributed by atoms with Crippen LogP contribution in [0.25, 0.3) is 0 Å². The van der Waals surface area contributed by atoms with Crippen molar-refractivity contribution in [3.63, 3.8) is 0 Å². The Labute approximate surface area is 169 Å². The Morgan fingerprint density at radius 3 is 2.31 bits per heavy atom. The highest BCUT2D eigenvalue weighted by atomic mass is 19.1. The molecule has 1 atom stereocenters. The number of carbonyl (C=O) groups is 1. The third-order valence-corrected chi connectivity index (χ3v) is 5.06. The number of aryl methyl sites for hydroxylation is 1. The molecule has 148 valence electrons. The summed E-state index contributed by atoms with van der Waals surface area (Å²) in [5.41, 5.74) is 4.06. The molecule has 0 bridgehead atoms. The molecule has 0 fully saturated rings. The minimum atomic E-state index is -0.317. The van der Waals surface area contributed by atoms with Crippen molar-refractivity contribution in [2.45, 2.75) is 33.1 Å². The van der Waals surface area contributed by atoms with Crippen molar-refractivity contribution in [3.8, 4) is 0 Å². The van der Waals surface area contributed by atoms with Gasteiger partial charge < -0.3 is 10.6 Å². The number of benzene rings is 2. The molecule has 5 nitrogen and oxygen atoms in total. The summed E-state index contributed by atoms with van der Waals surface area (Å²) >= 11 is 0. The molecule has 1 aliphatic carbocycles. The molecule has 0 spiro atoms. The first-order valence-electron chi connectivity index (χ1n) is 9.84. The molecule has 0 amide bonds. The van der Waals surface area contributed by atoms with E-state index in [1.165, 1.54) is 17.7 Å². The van der Waals surface area contributed by atoms with Gasteiger partial charge in [-0.1, -0.05) is 26.0 Å². The van der Waals surface area contributed by atoms with Crippen molar-refractivity contribution < 1.29 is 9.18 Å². The molecule has 0 saturated heterocycles. The number of hydrogen-bond acceptors (Lipinski definition) is 5. The normalized spacial score (nSPS) is 15.7. The lowest BCUT2D eigenvalue weighted by Gasteiger charge is -2.23. The largest absolute Gasteiger partial charge is 0.339 e. The number of ketones is 1. The second kappa shape index (κ2) is 7.99. The third kappa shape index (κ3) is 4.26. The molecular formula is C23H23FN4O. The summed E-state index contributed by atoms with van der Waals surface area (Å²) in [7, 11) is 0. The number of halogens is 1. The number of aromatic nitrogens is 2. The zero-order valence-electron chi connectivity index (χ0n) is 16.5. The highest BCUT2D eigenvalue weighted by molar-refractivity contribution is 6.03. The van der Waals surface area contributed by atoms with E-state index in [9.17, 15) is 9.18 Å². The van der Waals surface area contributed by atoms with E-state index in [4.69, 9.17) is 0 Å². The summed E-state index contributed by atoms with van der Waals surface area (Å²) in [5, 5.41) is 6.41. The topological polar surface area (TPSA) is 66.9 Å². The maximum absolute atomic E-state index is 13.2. The van der Waals surface area contributed by atoms with Crippen molar-refractivity contribution >= 4 is 28.9 Å². The molecule has 2 aromatic carbocycles. The van der Waals surface area contributed by atoms with Gasteiger partial charge in [0.15, 0.2) is 5.78 Å². The first kappa shape index (κ1) is 19.1. The van der Waals surface area contributed by atoms with Gasteiger partial charge in [-0.2, -0.15) is 4.98 Å². The van der Waals surface area contributed by atoms with Gasteiger partial charge >= 0.3 is 0 Å². The average molecular weight is 390 g/mol. The predicted octanol–water partition coefficient (Wildman–Crippen LogP) is 5.43. The van der Waals surface area contributed by atoms with Crippen LogP contribution in [0.5, 0.6) is 0 Å². The van der Waals surface area contributed by atoms with Crippen molar-refractivity contribution in [1.82, 2.24) is 9.97 Å². The lowest BCUT2D eigenvalue weighted by Crippen LogP contribution is -2.22. The molecule has 0 radical (unpaired) electrons. The Bertz CT molecular complexity index is 1030. The monoisotopic (exact) mass is 390 g/mol. The van der Waals surface area contributed by atoms with Gasteiger partial charge in [-0.25, -0.2) is 9.37 Å². The van der Waals surface area contributed by atoms with Crippen LogP contribution in [0.4, 0.5) is 27.5 Å². The van der Waals surface area contributed by atoms with E-state index in [0.29, 0.717) is 35.9 Å². The Kier molecular flexibility index (Phi) is 5.25. The molecule has 4 rings (SSSR count). The van der Waals surface area contributed by atoms with Gasteiger partial charge in [0.25, 0.3) is 0 Å². The first-order chi connectivity index (χ1) is 14.0. The van der Waals surface area contributed by atoms with Crippen LogP contribution < -0.4 is 10.6 Å². The third-order valence-electron chi connectivity index (χ3n) is 5.06. The van der Waals surface area contributed by atoms with Crippen LogP contribution in [-0.2, 0) is 12.8 Å². The zero-order valence-corrected chi connectivity index (χ0v) is 16.5. The Hall–Kier alpha value is -3.28. The number of anilines is 4. The zero-order chi connectivity index (χ0) is 20.4. The van der Waals surface area contributed by atoms with Gasteiger partial charge in [0, 0.05) is 17.8 Å². The Morgan fingerprint density at radius 2 is 1.62 bits per heavy atom. The van der Waals surface area contributed by atoms with Crippen LogP contribution >= 0.6 is 0 Å². The number of fused-ring (bicyclic) bond motifs is 1. The van der Waals surface area contributed by atoms with E-state index in [2.05, 4.69) is 39.7 Å². The van der Waals surface area contributed by atoms with E-state index in [1.54, 1.807) is 12.1 Å². The summed E-state index contributed by atoms with van der Waals surface area (Å²) in [4.78, 5) is 21.9. The fraction of sp³-hybridized carbons (Fsp3) is 0.261. The molecule has 0 saturated carbocycles. The Morgan fingerprint density at radius 1 is 0.966 bits per heavy atom. The molecule has 1 heterocycles. The van der Waals surface area contributed by atoms with E-state index in [-0.39, 0.29) is 17.5 Å². The standard InChI is InChI=1S/C23H23FN4O/c1-3-15-4-8-18(9-5-15)26-23-27-19-12-14(2)13-20(29)21(19)22(28-23)25-17-10-6-16(24)7-11-17/h4-11,14H,3,12-13H2,1-2H3,(H2,25,26,27,28). The van der Waals surface area contributed by atoms with E-state index >= 15 is 0 Å². The van der Waals surface area contributed by atoms with Gasteiger partial charge in [-0.3, -0.25) is 4.79 Å². The van der Waals surface area contributed by atoms with Crippen LogP contribution in [0, 0.1) is 11.7 Å². The van der Waals surface area contributed by atoms with Crippen molar-refractivity contribution in [2.24, 2.45) is 5.92 Å². The number of hydrogen-bond donors (Lipinski definition) is 2. The summed E-state index contributed by atoms with van der Waals surface area (Å²) < 4.78 is 13.2. The number of rotatable bonds is 5. The average Bonchev–Trinajstić information content (AvgIpc) is 2.69. The summed E-state index contributed by atoms with van der Waals surface area (Å²) in [5.74, 6) is 0.830. The van der Waals surface area contributed by atoms with E-state index in [0.717, 1.165) is 17.8 Å². The van der Waals surface area contributed by atoms with Crippen LogP contribution in [0.1, 0.15) is 41.9 Å². The van der Waals surface area contributed by atoms with Crippen LogP contribution in [-0.4, -0.2) is 15.8 Å². The maximum Gasteiger partial charge on any atom is 0.229 e. The van der Waals surface area contributed by atoms with E-state index < -0.39 is 0 Å². The molecule has 6 heteroatoms. The van der Waals surface area contributed by atoms with Gasteiger partial charge in [0.05, 0.1) is 11.3 Å². The molecule has 0 aliphatic heterocycles. The molecule has 29 heavy (non-hydrogen) atoms. The predicted molar refractivity (Wildman–Crippen MR) is 113 cm³/mol. The second-order valence-electron chi connectivity index (χ2n) is 7.46. The fourth-order valence-corrected chi connectivity index (χ4v) is 3.54. The lowest BCUT2D eigenvalue weighted by atomic mass is 9.87. The van der Waals surface area contributed by atoms with Crippen LogP contribution in [0.2, 0.25) is 0 Å². The maximum atomic E-state index is 13.2. The van der Waals surface area contributed by atoms with Crippen LogP contribution in [0.3, 0.4) is 0 Å². The van der Waals surface area contributed by atoms with Gasteiger partial charge in [-0.15, -0.1) is 0 Å². The number of nitrogens with one attached hydrogen (secondary N) is 2. The van der Waals surface area contributed by atoms with Crippen molar-refractivity contribution in [1.29, 1.82) is 0 Å². The smallest absolute Gasteiger partial charge is 0.229 e. The first-order valence-corrected chi connectivity index (χ1v) is 9.84. The van der Waals surface area contributed by atoms with Gasteiger partial charge in [-0.05, 0) is 60.7 Å². The number of carbonyl (C=O) groups excluding carboxylic acids is 1. The quantitative estimate of drug-likeness (QED) is 0.608. The van der Waals surface area contributed by atoms with E-state index in [1.807, 2.05) is 19.1 Å². The fourth-order valence-electron chi connectivity index (χ4n) is 3.54. The van der Waals surface area contributed by atoms with Crippen molar-refractivity contribution in [2.75, 3.05) is 10.6 Å². The molecule has 3 aromatic rings. The van der Waals surface area contributed by atoms with Gasteiger partial charge in [0.1, 0.15) is 11.6 Å². The molecule has 2 N–H and O–H groups in total. The highest BCUT2D eigenvalue weighted by Crippen LogP contribution is 2.32. The number of nitrogens with zero attached hydrogens (tertiary/aromatic N) is 2. The second-order valence-corrected chi connectivity index (χ2v) is 7.46. The minimum absolute atomic E-state index is 0.0298.